The highest BCUT2D eigenvalue weighted by atomic mass is 16.5. The fourth-order valence-corrected chi connectivity index (χ4v) is 3.74. The SMILES string of the molecule is Cn1c(C(=O)N2CC3CC(C(=O)NCC4CC4)C(C2)O3)cccc1=O. The van der Waals surface area contributed by atoms with Crippen LogP contribution in [-0.4, -0.2) is 53.1 Å². The minimum atomic E-state index is -0.261. The second-order valence-corrected chi connectivity index (χ2v) is 7.35. The Hall–Kier alpha value is -2.15. The van der Waals surface area contributed by atoms with Crippen LogP contribution in [0.1, 0.15) is 29.8 Å². The van der Waals surface area contributed by atoms with Gasteiger partial charge in [0.2, 0.25) is 5.91 Å². The second-order valence-electron chi connectivity index (χ2n) is 7.35. The van der Waals surface area contributed by atoms with Crippen molar-refractivity contribution in [3.05, 3.63) is 34.2 Å². The van der Waals surface area contributed by atoms with E-state index in [9.17, 15) is 14.4 Å². The van der Waals surface area contributed by atoms with Crippen molar-refractivity contribution in [2.45, 2.75) is 31.5 Å². The largest absolute Gasteiger partial charge is 0.370 e. The first-order valence-corrected chi connectivity index (χ1v) is 8.91. The van der Waals surface area contributed by atoms with Gasteiger partial charge in [-0.15, -0.1) is 0 Å². The van der Waals surface area contributed by atoms with E-state index in [0.29, 0.717) is 31.1 Å². The minimum Gasteiger partial charge on any atom is -0.370 e. The number of likely N-dealkylation sites (tertiary alicyclic amines) is 1. The molecule has 1 aliphatic carbocycles. The molecule has 3 aliphatic rings. The number of fused-ring (bicyclic) bond motifs is 2. The zero-order valence-corrected chi connectivity index (χ0v) is 14.3. The highest BCUT2D eigenvalue weighted by Crippen LogP contribution is 2.33. The first kappa shape index (κ1) is 16.3. The number of aromatic nitrogens is 1. The van der Waals surface area contributed by atoms with E-state index in [1.807, 2.05) is 0 Å². The molecule has 3 heterocycles. The Bertz CT molecular complexity index is 755. The summed E-state index contributed by atoms with van der Waals surface area (Å²) in [5, 5.41) is 3.02. The molecule has 1 saturated carbocycles. The molecule has 3 fully saturated rings. The molecule has 4 rings (SSSR count). The molecule has 2 saturated heterocycles. The monoisotopic (exact) mass is 345 g/mol. The molecule has 3 unspecified atom stereocenters. The van der Waals surface area contributed by atoms with Gasteiger partial charge < -0.3 is 19.5 Å². The molecular weight excluding hydrogens is 322 g/mol. The van der Waals surface area contributed by atoms with E-state index in [2.05, 4.69) is 5.32 Å². The van der Waals surface area contributed by atoms with Crippen molar-refractivity contribution in [3.63, 3.8) is 0 Å². The van der Waals surface area contributed by atoms with Crippen LogP contribution in [0.5, 0.6) is 0 Å². The van der Waals surface area contributed by atoms with Crippen LogP contribution in [0.4, 0.5) is 0 Å². The lowest BCUT2D eigenvalue weighted by atomic mass is 9.99. The average Bonchev–Trinajstić information content (AvgIpc) is 3.38. The minimum absolute atomic E-state index is 0.0424. The van der Waals surface area contributed by atoms with Gasteiger partial charge in [-0.25, -0.2) is 0 Å². The lowest BCUT2D eigenvalue weighted by molar-refractivity contribution is -0.127. The molecule has 1 aromatic rings. The van der Waals surface area contributed by atoms with E-state index in [0.717, 1.165) is 6.54 Å². The molecule has 134 valence electrons. The van der Waals surface area contributed by atoms with Gasteiger partial charge in [-0.1, -0.05) is 6.07 Å². The molecule has 1 N–H and O–H groups in total. The summed E-state index contributed by atoms with van der Waals surface area (Å²) in [4.78, 5) is 38.7. The maximum absolute atomic E-state index is 12.8. The topological polar surface area (TPSA) is 80.6 Å². The Morgan fingerprint density at radius 2 is 2.08 bits per heavy atom. The van der Waals surface area contributed by atoms with Crippen molar-refractivity contribution in [2.75, 3.05) is 19.6 Å². The normalized spacial score (nSPS) is 28.0. The van der Waals surface area contributed by atoms with E-state index in [1.54, 1.807) is 24.1 Å². The van der Waals surface area contributed by atoms with E-state index >= 15 is 0 Å². The van der Waals surface area contributed by atoms with Crippen LogP contribution in [0.3, 0.4) is 0 Å². The number of ether oxygens (including phenoxy) is 1. The highest BCUT2D eigenvalue weighted by Gasteiger charge is 2.46. The van der Waals surface area contributed by atoms with Gasteiger partial charge in [-0.05, 0) is 31.2 Å². The van der Waals surface area contributed by atoms with Crippen molar-refractivity contribution >= 4 is 11.8 Å². The molecule has 2 amide bonds. The summed E-state index contributed by atoms with van der Waals surface area (Å²) >= 11 is 0. The molecule has 7 nitrogen and oxygen atoms in total. The predicted octanol–water partition coefficient (Wildman–Crippen LogP) is 0.141. The van der Waals surface area contributed by atoms with Gasteiger partial charge in [0.15, 0.2) is 0 Å². The molecule has 0 radical (unpaired) electrons. The summed E-state index contributed by atoms with van der Waals surface area (Å²) < 4.78 is 7.26. The van der Waals surface area contributed by atoms with Crippen molar-refractivity contribution in [3.8, 4) is 0 Å². The highest BCUT2D eigenvalue weighted by molar-refractivity contribution is 5.92. The number of hydrogen-bond donors (Lipinski definition) is 1. The summed E-state index contributed by atoms with van der Waals surface area (Å²) in [5.74, 6) is 0.308. The molecule has 7 heteroatoms. The third kappa shape index (κ3) is 3.20. The predicted molar refractivity (Wildman–Crippen MR) is 90.1 cm³/mol. The number of morpholine rings is 1. The maximum Gasteiger partial charge on any atom is 0.270 e. The number of amides is 2. The van der Waals surface area contributed by atoms with Crippen LogP contribution in [0.25, 0.3) is 0 Å². The number of carbonyl (C=O) groups is 2. The van der Waals surface area contributed by atoms with E-state index < -0.39 is 0 Å². The zero-order chi connectivity index (χ0) is 17.6. The Morgan fingerprint density at radius 1 is 1.28 bits per heavy atom. The smallest absolute Gasteiger partial charge is 0.270 e. The second kappa shape index (κ2) is 6.29. The summed E-state index contributed by atoms with van der Waals surface area (Å²) in [6.45, 7) is 1.60. The van der Waals surface area contributed by atoms with Crippen LogP contribution in [0.2, 0.25) is 0 Å². The first-order valence-electron chi connectivity index (χ1n) is 8.91. The molecule has 2 aliphatic heterocycles. The summed E-state index contributed by atoms with van der Waals surface area (Å²) in [7, 11) is 1.60. The Morgan fingerprint density at radius 3 is 2.84 bits per heavy atom. The molecule has 3 atom stereocenters. The van der Waals surface area contributed by atoms with Gasteiger partial charge in [0.05, 0.1) is 18.1 Å². The molecule has 0 aromatic carbocycles. The Balaban J connectivity index is 1.44. The Kier molecular flexibility index (Phi) is 4.11. The van der Waals surface area contributed by atoms with Crippen LogP contribution in [0.15, 0.2) is 23.0 Å². The van der Waals surface area contributed by atoms with Crippen molar-refractivity contribution in [2.24, 2.45) is 18.9 Å². The number of pyridine rings is 1. The molecule has 1 aromatic heterocycles. The van der Waals surface area contributed by atoms with Crippen LogP contribution >= 0.6 is 0 Å². The third-order valence-corrected chi connectivity index (χ3v) is 5.45. The summed E-state index contributed by atoms with van der Waals surface area (Å²) in [6, 6.07) is 4.68. The maximum atomic E-state index is 12.8. The van der Waals surface area contributed by atoms with E-state index in [-0.39, 0.29) is 35.5 Å². The van der Waals surface area contributed by atoms with E-state index in [1.165, 1.54) is 23.5 Å². The first-order chi connectivity index (χ1) is 12.0. The Labute approximate surface area is 145 Å². The quantitative estimate of drug-likeness (QED) is 0.842. The van der Waals surface area contributed by atoms with Crippen molar-refractivity contribution < 1.29 is 14.3 Å². The summed E-state index contributed by atoms with van der Waals surface area (Å²) in [5.41, 5.74) is 0.156. The lowest BCUT2D eigenvalue weighted by Crippen LogP contribution is -2.48. The van der Waals surface area contributed by atoms with Gasteiger partial charge >= 0.3 is 0 Å². The number of rotatable bonds is 4. The number of hydrogen-bond acceptors (Lipinski definition) is 4. The van der Waals surface area contributed by atoms with E-state index in [4.69, 9.17) is 4.74 Å². The molecular formula is C18H23N3O4. The number of nitrogens with one attached hydrogen (secondary N) is 1. The van der Waals surface area contributed by atoms with Crippen LogP contribution in [0, 0.1) is 11.8 Å². The number of carbonyl (C=O) groups excluding carboxylic acids is 2. The third-order valence-electron chi connectivity index (χ3n) is 5.45. The lowest BCUT2D eigenvalue weighted by Gasteiger charge is -2.33. The van der Waals surface area contributed by atoms with Crippen molar-refractivity contribution in [1.29, 1.82) is 0 Å². The van der Waals surface area contributed by atoms with Gasteiger partial charge in [-0.2, -0.15) is 0 Å². The van der Waals surface area contributed by atoms with Gasteiger partial charge in [0.1, 0.15) is 5.69 Å². The molecule has 0 spiro atoms. The fraction of sp³-hybridized carbons (Fsp3) is 0.611. The standard InChI is InChI=1S/C18H23N3O4/c1-20-14(3-2-4-16(20)22)18(24)21-9-12-7-13(15(10-21)25-12)17(23)19-8-11-5-6-11/h2-4,11-13,15H,5-10H2,1H3,(H,19,23). The molecule has 2 bridgehead atoms. The average molecular weight is 345 g/mol. The van der Waals surface area contributed by atoms with Gasteiger partial charge in [-0.3, -0.25) is 14.4 Å². The van der Waals surface area contributed by atoms with Gasteiger partial charge in [0.25, 0.3) is 11.5 Å². The fourth-order valence-electron chi connectivity index (χ4n) is 3.74. The van der Waals surface area contributed by atoms with Crippen LogP contribution in [-0.2, 0) is 16.6 Å². The van der Waals surface area contributed by atoms with Crippen LogP contribution < -0.4 is 10.9 Å². The summed E-state index contributed by atoms with van der Waals surface area (Å²) in [6.07, 6.45) is 2.68. The number of nitrogens with zero attached hydrogens (tertiary/aromatic N) is 2. The van der Waals surface area contributed by atoms with Crippen molar-refractivity contribution in [1.82, 2.24) is 14.8 Å². The van der Waals surface area contributed by atoms with Gasteiger partial charge in [0, 0.05) is 32.7 Å². The molecule has 25 heavy (non-hydrogen) atoms. The zero-order valence-electron chi connectivity index (χ0n) is 14.3.